The third-order valence-electron chi connectivity index (χ3n) is 8.75. The van der Waals surface area contributed by atoms with Gasteiger partial charge in [-0.05, 0) is 74.5 Å². The van der Waals surface area contributed by atoms with Crippen LogP contribution < -0.4 is 5.32 Å². The molecule has 4 aromatic rings. The Balaban J connectivity index is 0.00000451. The summed E-state index contributed by atoms with van der Waals surface area (Å²) in [6.45, 7) is 12.5. The molecule has 1 N–H and O–H groups in total. The molecule has 10 heteroatoms. The van der Waals surface area contributed by atoms with E-state index >= 15 is 0 Å². The average Bonchev–Trinajstić information content (AvgIpc) is 3.24. The van der Waals surface area contributed by atoms with Gasteiger partial charge in [-0.25, -0.2) is 14.4 Å². The molecule has 8 nitrogen and oxygen atoms in total. The van der Waals surface area contributed by atoms with E-state index in [0.717, 1.165) is 69.2 Å². The lowest BCUT2D eigenvalue weighted by atomic mass is 9.95. The minimum Gasteiger partial charge on any atom is -0.336 e. The number of amides is 1. The summed E-state index contributed by atoms with van der Waals surface area (Å²) in [7, 11) is 0. The second kappa shape index (κ2) is 16.3. The van der Waals surface area contributed by atoms with Gasteiger partial charge in [0.2, 0.25) is 5.95 Å². The van der Waals surface area contributed by atoms with Gasteiger partial charge in [-0.3, -0.25) is 14.7 Å². The Morgan fingerprint density at radius 3 is 2.35 bits per heavy atom. The van der Waals surface area contributed by atoms with Crippen molar-refractivity contribution in [2.75, 3.05) is 57.7 Å². The third-order valence-corrected chi connectivity index (χ3v) is 8.99. The highest BCUT2D eigenvalue weighted by molar-refractivity contribution is 6.31. The Kier molecular flexibility index (Phi) is 11.9. The van der Waals surface area contributed by atoms with Gasteiger partial charge < -0.3 is 15.1 Å². The van der Waals surface area contributed by atoms with Gasteiger partial charge in [0.1, 0.15) is 5.82 Å². The van der Waals surface area contributed by atoms with Crippen molar-refractivity contribution in [3.63, 3.8) is 0 Å². The van der Waals surface area contributed by atoms with Gasteiger partial charge in [-0.2, -0.15) is 0 Å². The first kappa shape index (κ1) is 35.1. The van der Waals surface area contributed by atoms with Crippen LogP contribution in [-0.2, 0) is 6.54 Å². The molecule has 1 saturated heterocycles. The fourth-order valence-corrected chi connectivity index (χ4v) is 6.47. The highest BCUT2D eigenvalue weighted by atomic mass is 35.5. The molecule has 1 aromatic heterocycles. The standard InChI is InChI=1S/C37H41ClFN7O.CH4/c1-3-15-44(16-4-2)17-18-45-19-21-46(22-20-45)36(47)26-9-12-29(13-10-26)42-37-41-25-27-24-40-35(31-7-5-6-8-33(31)39)32-23-28(38)11-14-30(32)34(27)43-37;/h5-14,23,25H,3-4,15-22,24H2,1-2H3,(H,41,42,43);1H4. The topological polar surface area (TPSA) is 77.0 Å². The van der Waals surface area contributed by atoms with Crippen LogP contribution in [0, 0.1) is 5.82 Å². The van der Waals surface area contributed by atoms with E-state index in [2.05, 4.69) is 33.9 Å². The Morgan fingerprint density at radius 1 is 0.917 bits per heavy atom. The Hall–Kier alpha value is -4.18. The number of hydrogen-bond donors (Lipinski definition) is 1. The maximum Gasteiger partial charge on any atom is 0.253 e. The van der Waals surface area contributed by atoms with Gasteiger partial charge in [0, 0.05) is 84.0 Å². The second-order valence-electron chi connectivity index (χ2n) is 12.1. The molecule has 252 valence electrons. The van der Waals surface area contributed by atoms with Crippen LogP contribution >= 0.6 is 11.6 Å². The maximum atomic E-state index is 14.9. The first-order valence-corrected chi connectivity index (χ1v) is 16.9. The summed E-state index contributed by atoms with van der Waals surface area (Å²) in [6.07, 6.45) is 4.10. The lowest BCUT2D eigenvalue weighted by molar-refractivity contribution is 0.0623. The van der Waals surface area contributed by atoms with Gasteiger partial charge >= 0.3 is 0 Å². The number of piperazine rings is 1. The van der Waals surface area contributed by atoms with Gasteiger partial charge in [-0.15, -0.1) is 0 Å². The van der Waals surface area contributed by atoms with E-state index in [1.807, 2.05) is 35.2 Å². The number of halogens is 2. The number of carbonyl (C=O) groups is 1. The first-order chi connectivity index (χ1) is 22.9. The van der Waals surface area contributed by atoms with Crippen molar-refractivity contribution >= 4 is 34.9 Å². The van der Waals surface area contributed by atoms with Crippen LogP contribution in [0.15, 0.2) is 77.9 Å². The molecule has 2 aliphatic rings. The van der Waals surface area contributed by atoms with Crippen molar-refractivity contribution in [2.24, 2.45) is 4.99 Å². The maximum absolute atomic E-state index is 14.9. The van der Waals surface area contributed by atoms with Crippen LogP contribution in [0.5, 0.6) is 0 Å². The van der Waals surface area contributed by atoms with Crippen LogP contribution in [0.1, 0.15) is 61.2 Å². The number of aromatic nitrogens is 2. The molecule has 3 aromatic carbocycles. The highest BCUT2D eigenvalue weighted by Gasteiger charge is 2.24. The highest BCUT2D eigenvalue weighted by Crippen LogP contribution is 2.34. The van der Waals surface area contributed by atoms with Crippen LogP contribution in [0.25, 0.3) is 11.3 Å². The second-order valence-corrected chi connectivity index (χ2v) is 12.5. The molecule has 3 heterocycles. The molecular formula is C38H45ClFN7O. The summed E-state index contributed by atoms with van der Waals surface area (Å²) in [5.41, 5.74) is 5.41. The summed E-state index contributed by atoms with van der Waals surface area (Å²) < 4.78 is 14.9. The van der Waals surface area contributed by atoms with Crippen molar-refractivity contribution in [3.05, 3.63) is 106 Å². The van der Waals surface area contributed by atoms with Crippen LogP contribution in [0.4, 0.5) is 16.0 Å². The fraction of sp³-hybridized carbons (Fsp3) is 0.368. The van der Waals surface area contributed by atoms with Crippen molar-refractivity contribution < 1.29 is 9.18 Å². The lowest BCUT2D eigenvalue weighted by Crippen LogP contribution is -2.50. The number of anilines is 2. The monoisotopic (exact) mass is 669 g/mol. The van der Waals surface area contributed by atoms with E-state index in [0.29, 0.717) is 45.6 Å². The summed E-state index contributed by atoms with van der Waals surface area (Å²) in [5.74, 6) is 0.111. The minimum atomic E-state index is -0.350. The Bertz CT molecular complexity index is 1730. The quantitative estimate of drug-likeness (QED) is 0.178. The Morgan fingerprint density at radius 2 is 1.65 bits per heavy atom. The number of rotatable bonds is 11. The molecule has 0 spiro atoms. The molecular weight excluding hydrogens is 625 g/mol. The molecule has 1 amide bonds. The van der Waals surface area contributed by atoms with Crippen molar-refractivity contribution in [2.45, 2.75) is 40.7 Å². The van der Waals surface area contributed by atoms with E-state index in [4.69, 9.17) is 21.6 Å². The first-order valence-electron chi connectivity index (χ1n) is 16.5. The fourth-order valence-electron chi connectivity index (χ4n) is 6.30. The van der Waals surface area contributed by atoms with Crippen molar-refractivity contribution in [1.82, 2.24) is 24.7 Å². The SMILES string of the molecule is C.CCCN(CCC)CCN1CCN(C(=O)c2ccc(Nc3ncc4c(n3)-c3ccc(Cl)cc3C(c3ccccc3F)=NC4)cc2)CC1. The lowest BCUT2D eigenvalue weighted by Gasteiger charge is -2.36. The molecule has 2 aliphatic heterocycles. The van der Waals surface area contributed by atoms with Crippen LogP contribution in [0.2, 0.25) is 5.02 Å². The molecule has 6 rings (SSSR count). The number of fused-ring (bicyclic) bond motifs is 3. The molecule has 0 radical (unpaired) electrons. The molecule has 0 aliphatic carbocycles. The number of carbonyl (C=O) groups excluding carboxylic acids is 1. The summed E-state index contributed by atoms with van der Waals surface area (Å²) in [4.78, 5) is 34.4. The van der Waals surface area contributed by atoms with E-state index in [-0.39, 0.29) is 19.2 Å². The third kappa shape index (κ3) is 8.09. The predicted octanol–water partition coefficient (Wildman–Crippen LogP) is 7.55. The summed E-state index contributed by atoms with van der Waals surface area (Å²) in [6, 6.07) is 19.5. The zero-order valence-corrected chi connectivity index (χ0v) is 27.8. The molecule has 0 bridgehead atoms. The van der Waals surface area contributed by atoms with Gasteiger partial charge in [0.05, 0.1) is 18.0 Å². The number of nitrogens with one attached hydrogen (secondary N) is 1. The molecule has 48 heavy (non-hydrogen) atoms. The summed E-state index contributed by atoms with van der Waals surface area (Å²) in [5, 5.41) is 3.81. The van der Waals surface area contributed by atoms with E-state index in [9.17, 15) is 9.18 Å². The molecule has 0 saturated carbocycles. The zero-order valence-electron chi connectivity index (χ0n) is 27.1. The molecule has 1 fully saturated rings. The summed E-state index contributed by atoms with van der Waals surface area (Å²) >= 11 is 6.40. The smallest absolute Gasteiger partial charge is 0.253 e. The average molecular weight is 670 g/mol. The number of aliphatic imine (C=N–C) groups is 1. The van der Waals surface area contributed by atoms with Crippen LogP contribution in [-0.4, -0.2) is 88.6 Å². The predicted molar refractivity (Wildman–Crippen MR) is 194 cm³/mol. The van der Waals surface area contributed by atoms with Crippen molar-refractivity contribution in [1.29, 1.82) is 0 Å². The van der Waals surface area contributed by atoms with Crippen LogP contribution in [0.3, 0.4) is 0 Å². The van der Waals surface area contributed by atoms with E-state index < -0.39 is 0 Å². The number of nitrogens with zero attached hydrogens (tertiary/aromatic N) is 6. The number of hydrogen-bond acceptors (Lipinski definition) is 7. The largest absolute Gasteiger partial charge is 0.336 e. The molecule has 0 atom stereocenters. The normalized spacial score (nSPS) is 14.4. The van der Waals surface area contributed by atoms with Gasteiger partial charge in [0.25, 0.3) is 5.91 Å². The van der Waals surface area contributed by atoms with Gasteiger partial charge in [-0.1, -0.05) is 51.1 Å². The number of benzene rings is 3. The van der Waals surface area contributed by atoms with E-state index in [1.165, 1.54) is 18.9 Å². The van der Waals surface area contributed by atoms with Gasteiger partial charge in [0.15, 0.2) is 0 Å². The Labute approximate surface area is 288 Å². The van der Waals surface area contributed by atoms with Crippen molar-refractivity contribution in [3.8, 4) is 11.3 Å². The zero-order chi connectivity index (χ0) is 32.8. The molecule has 0 unspecified atom stereocenters. The van der Waals surface area contributed by atoms with E-state index in [1.54, 1.807) is 36.5 Å². The minimum absolute atomic E-state index is 0.